The average molecular weight is 235 g/mol. The van der Waals surface area contributed by atoms with E-state index in [0.717, 1.165) is 12.1 Å². The second-order valence-corrected chi connectivity index (χ2v) is 3.95. The van der Waals surface area contributed by atoms with Crippen LogP contribution in [0.1, 0.15) is 17.6 Å². The van der Waals surface area contributed by atoms with E-state index < -0.39 is 0 Å². The van der Waals surface area contributed by atoms with Crippen LogP contribution in [0, 0.1) is 6.92 Å². The first-order chi connectivity index (χ1) is 8.34. The minimum absolute atomic E-state index is 0.166. The van der Waals surface area contributed by atoms with Gasteiger partial charge in [-0.15, -0.1) is 0 Å². The monoisotopic (exact) mass is 235 g/mol. The molecular formula is C11H13N3O3. The molecule has 17 heavy (non-hydrogen) atoms. The van der Waals surface area contributed by atoms with Gasteiger partial charge in [-0.1, -0.05) is 5.16 Å². The Balaban J connectivity index is 1.85. The Labute approximate surface area is 98.0 Å². The van der Waals surface area contributed by atoms with E-state index in [4.69, 9.17) is 13.7 Å². The molecule has 0 amide bonds. The Morgan fingerprint density at radius 2 is 2.41 bits per heavy atom. The summed E-state index contributed by atoms with van der Waals surface area (Å²) in [5, 5.41) is 7.12. The first-order valence-corrected chi connectivity index (χ1v) is 5.55. The van der Waals surface area contributed by atoms with E-state index in [2.05, 4.69) is 15.5 Å². The van der Waals surface area contributed by atoms with E-state index in [1.165, 1.54) is 0 Å². The van der Waals surface area contributed by atoms with Gasteiger partial charge in [0.15, 0.2) is 5.76 Å². The highest BCUT2D eigenvalue weighted by atomic mass is 16.5. The van der Waals surface area contributed by atoms with Crippen molar-refractivity contribution in [2.24, 2.45) is 0 Å². The number of rotatable bonds is 2. The Morgan fingerprint density at radius 1 is 1.47 bits per heavy atom. The van der Waals surface area contributed by atoms with Gasteiger partial charge in [0.1, 0.15) is 6.10 Å². The molecule has 3 rings (SSSR count). The van der Waals surface area contributed by atoms with Gasteiger partial charge < -0.3 is 19.0 Å². The number of furan rings is 1. The molecule has 1 aliphatic heterocycles. The third-order valence-electron chi connectivity index (χ3n) is 2.71. The van der Waals surface area contributed by atoms with Gasteiger partial charge in [0, 0.05) is 13.1 Å². The average Bonchev–Trinajstić information content (AvgIpc) is 2.98. The van der Waals surface area contributed by atoms with Crippen LogP contribution in [0.3, 0.4) is 0 Å². The van der Waals surface area contributed by atoms with Crippen LogP contribution in [0.2, 0.25) is 0 Å². The van der Waals surface area contributed by atoms with Crippen LogP contribution >= 0.6 is 0 Å². The first kappa shape index (κ1) is 10.5. The number of aryl methyl sites for hydroxylation is 1. The SMILES string of the molecule is Cc1ccoc1-c1noc(C2CNCCO2)n1. The van der Waals surface area contributed by atoms with E-state index in [1.807, 2.05) is 13.0 Å². The molecule has 90 valence electrons. The Hall–Kier alpha value is -1.66. The molecule has 0 aliphatic carbocycles. The lowest BCUT2D eigenvalue weighted by atomic mass is 10.2. The zero-order chi connectivity index (χ0) is 11.7. The quantitative estimate of drug-likeness (QED) is 0.845. The Bertz CT molecular complexity index is 500. The van der Waals surface area contributed by atoms with Crippen molar-refractivity contribution in [1.29, 1.82) is 0 Å². The van der Waals surface area contributed by atoms with Gasteiger partial charge in [-0.05, 0) is 18.6 Å². The van der Waals surface area contributed by atoms with Crippen molar-refractivity contribution in [2.75, 3.05) is 19.7 Å². The van der Waals surface area contributed by atoms with Crippen molar-refractivity contribution in [3.63, 3.8) is 0 Å². The fourth-order valence-electron chi connectivity index (χ4n) is 1.78. The van der Waals surface area contributed by atoms with E-state index in [0.29, 0.717) is 30.6 Å². The molecule has 3 heterocycles. The first-order valence-electron chi connectivity index (χ1n) is 5.55. The van der Waals surface area contributed by atoms with Crippen molar-refractivity contribution >= 4 is 0 Å². The number of hydrogen-bond donors (Lipinski definition) is 1. The molecule has 1 unspecified atom stereocenters. The summed E-state index contributed by atoms with van der Waals surface area (Å²) in [6.45, 7) is 4.14. The smallest absolute Gasteiger partial charge is 0.257 e. The molecule has 0 saturated carbocycles. The summed E-state index contributed by atoms with van der Waals surface area (Å²) in [4.78, 5) is 4.30. The van der Waals surface area contributed by atoms with Gasteiger partial charge in [0.05, 0.1) is 12.9 Å². The highest BCUT2D eigenvalue weighted by molar-refractivity contribution is 5.51. The van der Waals surface area contributed by atoms with Crippen LogP contribution < -0.4 is 5.32 Å². The van der Waals surface area contributed by atoms with Crippen LogP contribution in [0.25, 0.3) is 11.6 Å². The molecule has 1 aliphatic rings. The number of aromatic nitrogens is 2. The maximum Gasteiger partial charge on any atom is 0.257 e. The van der Waals surface area contributed by atoms with E-state index in [-0.39, 0.29) is 6.10 Å². The Morgan fingerprint density at radius 3 is 3.12 bits per heavy atom. The number of hydrogen-bond acceptors (Lipinski definition) is 6. The third kappa shape index (κ3) is 1.96. The van der Waals surface area contributed by atoms with E-state index in [9.17, 15) is 0 Å². The summed E-state index contributed by atoms with van der Waals surface area (Å²) in [5.74, 6) is 1.60. The fraction of sp³-hybridized carbons (Fsp3) is 0.455. The van der Waals surface area contributed by atoms with Crippen LogP contribution in [-0.2, 0) is 4.74 Å². The zero-order valence-electron chi connectivity index (χ0n) is 9.47. The van der Waals surface area contributed by atoms with Crippen molar-refractivity contribution in [3.8, 4) is 11.6 Å². The van der Waals surface area contributed by atoms with Gasteiger partial charge in [0.2, 0.25) is 5.82 Å². The molecule has 0 radical (unpaired) electrons. The number of nitrogens with zero attached hydrogens (tertiary/aromatic N) is 2. The van der Waals surface area contributed by atoms with E-state index >= 15 is 0 Å². The number of nitrogens with one attached hydrogen (secondary N) is 1. The highest BCUT2D eigenvalue weighted by Gasteiger charge is 2.23. The number of ether oxygens (including phenoxy) is 1. The van der Waals surface area contributed by atoms with Gasteiger partial charge in [-0.25, -0.2) is 0 Å². The molecule has 1 fully saturated rings. The van der Waals surface area contributed by atoms with Gasteiger partial charge in [-0.3, -0.25) is 0 Å². The summed E-state index contributed by atoms with van der Waals surface area (Å²) < 4.78 is 16.0. The zero-order valence-corrected chi connectivity index (χ0v) is 9.47. The lowest BCUT2D eigenvalue weighted by molar-refractivity contribution is 0.00755. The number of morpholine rings is 1. The van der Waals surface area contributed by atoms with Crippen LogP contribution in [0.5, 0.6) is 0 Å². The van der Waals surface area contributed by atoms with Gasteiger partial charge >= 0.3 is 0 Å². The fourth-order valence-corrected chi connectivity index (χ4v) is 1.78. The maximum atomic E-state index is 5.54. The molecule has 6 nitrogen and oxygen atoms in total. The molecule has 0 spiro atoms. The Kier molecular flexibility index (Phi) is 2.66. The molecule has 1 N–H and O–H groups in total. The summed E-state index contributed by atoms with van der Waals surface area (Å²) in [5.41, 5.74) is 0.986. The van der Waals surface area contributed by atoms with Crippen molar-refractivity contribution < 1.29 is 13.7 Å². The van der Waals surface area contributed by atoms with Crippen molar-refractivity contribution in [1.82, 2.24) is 15.5 Å². The lowest BCUT2D eigenvalue weighted by Gasteiger charge is -2.19. The molecular weight excluding hydrogens is 222 g/mol. The van der Waals surface area contributed by atoms with Gasteiger partial charge in [0.25, 0.3) is 5.89 Å². The van der Waals surface area contributed by atoms with Crippen molar-refractivity contribution in [2.45, 2.75) is 13.0 Å². The van der Waals surface area contributed by atoms with Crippen molar-refractivity contribution in [3.05, 3.63) is 23.8 Å². The largest absolute Gasteiger partial charge is 0.461 e. The normalized spacial score (nSPS) is 20.6. The molecule has 1 saturated heterocycles. The van der Waals surface area contributed by atoms with Crippen LogP contribution in [0.15, 0.2) is 21.3 Å². The minimum Gasteiger partial charge on any atom is -0.461 e. The summed E-state index contributed by atoms with van der Waals surface area (Å²) in [6.07, 6.45) is 1.44. The maximum absolute atomic E-state index is 5.54. The standard InChI is InChI=1S/C11H13N3O3/c1-7-2-4-16-9(7)10-13-11(17-14-10)8-6-12-3-5-15-8/h2,4,8,12H,3,5-6H2,1H3. The summed E-state index contributed by atoms with van der Waals surface area (Å²) in [6, 6.07) is 1.87. The highest BCUT2D eigenvalue weighted by Crippen LogP contribution is 2.24. The van der Waals surface area contributed by atoms with Gasteiger partial charge in [-0.2, -0.15) is 4.98 Å². The molecule has 6 heteroatoms. The van der Waals surface area contributed by atoms with Crippen LogP contribution in [0.4, 0.5) is 0 Å². The minimum atomic E-state index is -0.166. The summed E-state index contributed by atoms with van der Waals surface area (Å²) >= 11 is 0. The molecule has 0 aromatic carbocycles. The molecule has 0 bridgehead atoms. The topological polar surface area (TPSA) is 73.3 Å². The molecule has 2 aromatic heterocycles. The molecule has 1 atom stereocenters. The molecule has 2 aromatic rings. The third-order valence-corrected chi connectivity index (χ3v) is 2.71. The predicted octanol–water partition coefficient (Wildman–Crippen LogP) is 1.30. The van der Waals surface area contributed by atoms with E-state index in [1.54, 1.807) is 6.26 Å². The predicted molar refractivity (Wildman–Crippen MR) is 58.3 cm³/mol. The van der Waals surface area contributed by atoms with Crippen LogP contribution in [-0.4, -0.2) is 29.8 Å². The summed E-state index contributed by atoms with van der Waals surface area (Å²) in [7, 11) is 0. The second kappa shape index (κ2) is 4.31. The second-order valence-electron chi connectivity index (χ2n) is 3.95. The lowest BCUT2D eigenvalue weighted by Crippen LogP contribution is -2.33.